The highest BCUT2D eigenvalue weighted by molar-refractivity contribution is 5.85. The highest BCUT2D eigenvalue weighted by Crippen LogP contribution is 2.17. The highest BCUT2D eigenvalue weighted by Gasteiger charge is 2.27. The van der Waals surface area contributed by atoms with E-state index in [1.54, 1.807) is 0 Å². The molecule has 0 radical (unpaired) electrons. The molecular formula is C17H31Cl2N3O. The lowest BCUT2D eigenvalue weighted by Crippen LogP contribution is -2.51. The van der Waals surface area contributed by atoms with Crippen LogP contribution in [0.5, 0.6) is 0 Å². The Morgan fingerprint density at radius 1 is 1.22 bits per heavy atom. The summed E-state index contributed by atoms with van der Waals surface area (Å²) >= 11 is 0. The quantitative estimate of drug-likeness (QED) is 0.816. The summed E-state index contributed by atoms with van der Waals surface area (Å²) in [6, 6.07) is 10.1. The maximum absolute atomic E-state index is 12.0. The SMILES string of the molecule is CC(CNC(=O)[C@@H](N)C(C)(C)C)N(C)Cc1ccccc1.Cl.Cl. The van der Waals surface area contributed by atoms with Gasteiger partial charge in [0.25, 0.3) is 0 Å². The zero-order valence-electron chi connectivity index (χ0n) is 14.7. The van der Waals surface area contributed by atoms with Gasteiger partial charge in [-0.25, -0.2) is 0 Å². The second kappa shape index (κ2) is 10.9. The first-order valence-electron chi connectivity index (χ1n) is 7.49. The van der Waals surface area contributed by atoms with Crippen molar-refractivity contribution in [3.63, 3.8) is 0 Å². The van der Waals surface area contributed by atoms with E-state index in [-0.39, 0.29) is 42.2 Å². The highest BCUT2D eigenvalue weighted by atomic mass is 35.5. The number of hydrogen-bond donors (Lipinski definition) is 2. The molecule has 1 rings (SSSR count). The lowest BCUT2D eigenvalue weighted by Gasteiger charge is -2.28. The zero-order chi connectivity index (χ0) is 16.0. The maximum atomic E-state index is 12.0. The van der Waals surface area contributed by atoms with Gasteiger partial charge >= 0.3 is 0 Å². The lowest BCUT2D eigenvalue weighted by atomic mass is 9.87. The first kappa shape index (κ1) is 24.4. The van der Waals surface area contributed by atoms with Crippen molar-refractivity contribution in [3.05, 3.63) is 35.9 Å². The minimum atomic E-state index is -0.482. The van der Waals surface area contributed by atoms with Crippen molar-refractivity contribution in [2.24, 2.45) is 11.1 Å². The fraction of sp³-hybridized carbons (Fsp3) is 0.588. The van der Waals surface area contributed by atoms with E-state index in [2.05, 4.69) is 36.3 Å². The van der Waals surface area contributed by atoms with Crippen molar-refractivity contribution in [2.75, 3.05) is 13.6 Å². The van der Waals surface area contributed by atoms with Crippen LogP contribution in [-0.2, 0) is 11.3 Å². The van der Waals surface area contributed by atoms with Crippen LogP contribution in [0.4, 0.5) is 0 Å². The fourth-order valence-corrected chi connectivity index (χ4v) is 1.93. The Bertz CT molecular complexity index is 449. The van der Waals surface area contributed by atoms with E-state index in [0.717, 1.165) is 6.54 Å². The van der Waals surface area contributed by atoms with Crippen LogP contribution in [-0.4, -0.2) is 36.5 Å². The van der Waals surface area contributed by atoms with Gasteiger partial charge in [0.15, 0.2) is 0 Å². The molecule has 0 spiro atoms. The molecule has 1 aromatic rings. The van der Waals surface area contributed by atoms with Crippen LogP contribution in [0.3, 0.4) is 0 Å². The van der Waals surface area contributed by atoms with Gasteiger partial charge in [-0.05, 0) is 24.9 Å². The first-order valence-corrected chi connectivity index (χ1v) is 7.49. The van der Waals surface area contributed by atoms with E-state index in [9.17, 15) is 4.79 Å². The molecule has 0 heterocycles. The van der Waals surface area contributed by atoms with Crippen molar-refractivity contribution in [1.29, 1.82) is 0 Å². The largest absolute Gasteiger partial charge is 0.353 e. The Hall–Kier alpha value is -0.810. The van der Waals surface area contributed by atoms with Gasteiger partial charge in [0, 0.05) is 19.1 Å². The molecule has 6 heteroatoms. The third-order valence-electron chi connectivity index (χ3n) is 3.81. The molecule has 0 saturated carbocycles. The Morgan fingerprint density at radius 2 is 1.74 bits per heavy atom. The number of nitrogens with two attached hydrogens (primary N) is 1. The molecule has 0 aromatic heterocycles. The van der Waals surface area contributed by atoms with Crippen LogP contribution in [0.25, 0.3) is 0 Å². The first-order chi connectivity index (χ1) is 9.71. The molecule has 3 N–H and O–H groups in total. The minimum Gasteiger partial charge on any atom is -0.353 e. The molecule has 0 saturated heterocycles. The Balaban J connectivity index is 0. The number of hydrogen-bond acceptors (Lipinski definition) is 3. The summed E-state index contributed by atoms with van der Waals surface area (Å²) in [5.74, 6) is -0.0811. The fourth-order valence-electron chi connectivity index (χ4n) is 1.93. The third-order valence-corrected chi connectivity index (χ3v) is 3.81. The molecule has 1 aromatic carbocycles. The van der Waals surface area contributed by atoms with E-state index >= 15 is 0 Å². The van der Waals surface area contributed by atoms with Gasteiger partial charge in [-0.3, -0.25) is 9.69 Å². The van der Waals surface area contributed by atoms with Crippen molar-refractivity contribution in [3.8, 4) is 0 Å². The van der Waals surface area contributed by atoms with Crippen LogP contribution in [0.15, 0.2) is 30.3 Å². The molecule has 0 bridgehead atoms. The van der Waals surface area contributed by atoms with Crippen LogP contribution in [0, 0.1) is 5.41 Å². The average molecular weight is 364 g/mol. The molecule has 0 aliphatic heterocycles. The Morgan fingerprint density at radius 3 is 2.22 bits per heavy atom. The van der Waals surface area contributed by atoms with E-state index < -0.39 is 6.04 Å². The number of benzene rings is 1. The molecule has 1 unspecified atom stereocenters. The van der Waals surface area contributed by atoms with Gasteiger partial charge in [-0.1, -0.05) is 51.1 Å². The van der Waals surface area contributed by atoms with Gasteiger partial charge in [-0.15, -0.1) is 24.8 Å². The van der Waals surface area contributed by atoms with E-state index in [0.29, 0.717) is 6.54 Å². The summed E-state index contributed by atoms with van der Waals surface area (Å²) in [6.45, 7) is 9.49. The van der Waals surface area contributed by atoms with Crippen molar-refractivity contribution < 1.29 is 4.79 Å². The van der Waals surface area contributed by atoms with Crippen LogP contribution in [0.1, 0.15) is 33.3 Å². The van der Waals surface area contributed by atoms with Crippen molar-refractivity contribution >= 4 is 30.7 Å². The molecule has 134 valence electrons. The second-order valence-corrected chi connectivity index (χ2v) is 6.84. The second-order valence-electron chi connectivity index (χ2n) is 6.84. The standard InChI is InChI=1S/C17H29N3O.2ClH/c1-13(11-19-16(21)15(18)17(2,3)4)20(5)12-14-9-7-6-8-10-14;;/h6-10,13,15H,11-12,18H2,1-5H3,(H,19,21);2*1H/t13?,15-;;/m1../s1. The maximum Gasteiger partial charge on any atom is 0.237 e. The van der Waals surface area contributed by atoms with E-state index in [4.69, 9.17) is 5.73 Å². The number of carbonyl (C=O) groups excluding carboxylic acids is 1. The van der Waals surface area contributed by atoms with Gasteiger partial charge in [0.05, 0.1) is 6.04 Å². The van der Waals surface area contributed by atoms with E-state index in [1.807, 2.05) is 39.0 Å². The number of likely N-dealkylation sites (N-methyl/N-ethyl adjacent to an activating group) is 1. The van der Waals surface area contributed by atoms with Crippen LogP contribution >= 0.6 is 24.8 Å². The average Bonchev–Trinajstić information content (AvgIpc) is 2.43. The van der Waals surface area contributed by atoms with Crippen LogP contribution < -0.4 is 11.1 Å². The Labute approximate surface area is 153 Å². The van der Waals surface area contributed by atoms with Gasteiger partial charge in [0.1, 0.15) is 0 Å². The molecular weight excluding hydrogens is 333 g/mol. The normalized spacial score (nSPS) is 13.5. The number of halogens is 2. The lowest BCUT2D eigenvalue weighted by molar-refractivity contribution is -0.124. The smallest absolute Gasteiger partial charge is 0.237 e. The van der Waals surface area contributed by atoms with Gasteiger partial charge in [-0.2, -0.15) is 0 Å². The molecule has 0 fully saturated rings. The summed E-state index contributed by atoms with van der Waals surface area (Å²) < 4.78 is 0. The predicted molar refractivity (Wildman–Crippen MR) is 102 cm³/mol. The number of carbonyl (C=O) groups is 1. The molecule has 0 aliphatic carbocycles. The van der Waals surface area contributed by atoms with Crippen molar-refractivity contribution in [2.45, 2.75) is 46.3 Å². The number of amides is 1. The summed E-state index contributed by atoms with van der Waals surface area (Å²) in [5, 5.41) is 2.95. The monoisotopic (exact) mass is 363 g/mol. The molecule has 4 nitrogen and oxygen atoms in total. The Kier molecular flexibility index (Phi) is 11.6. The topological polar surface area (TPSA) is 58.4 Å². The predicted octanol–water partition coefficient (Wildman–Crippen LogP) is 2.84. The van der Waals surface area contributed by atoms with Crippen molar-refractivity contribution in [1.82, 2.24) is 10.2 Å². The summed E-state index contributed by atoms with van der Waals surface area (Å²) in [7, 11) is 2.06. The summed E-state index contributed by atoms with van der Waals surface area (Å²) in [4.78, 5) is 14.2. The summed E-state index contributed by atoms with van der Waals surface area (Å²) in [6.07, 6.45) is 0. The molecule has 1 amide bonds. The minimum absolute atomic E-state index is 0. The molecule has 23 heavy (non-hydrogen) atoms. The third kappa shape index (κ3) is 8.56. The number of rotatable bonds is 6. The number of nitrogens with zero attached hydrogens (tertiary/aromatic N) is 1. The zero-order valence-corrected chi connectivity index (χ0v) is 16.3. The van der Waals surface area contributed by atoms with Gasteiger partial charge < -0.3 is 11.1 Å². The number of nitrogens with one attached hydrogen (secondary N) is 1. The van der Waals surface area contributed by atoms with Crippen LogP contribution in [0.2, 0.25) is 0 Å². The van der Waals surface area contributed by atoms with E-state index in [1.165, 1.54) is 5.56 Å². The molecule has 0 aliphatic rings. The van der Waals surface area contributed by atoms with Gasteiger partial charge in [0.2, 0.25) is 5.91 Å². The summed E-state index contributed by atoms with van der Waals surface area (Å²) in [5.41, 5.74) is 7.00. The molecule has 2 atom stereocenters.